The smallest absolute Gasteiger partial charge is 0.251 e. The molecule has 3 aromatic carbocycles. The molecule has 5 nitrogen and oxygen atoms in total. The molecule has 0 atom stereocenters. The zero-order valence-electron chi connectivity index (χ0n) is 18.2. The second-order valence-corrected chi connectivity index (χ2v) is 7.66. The van der Waals surface area contributed by atoms with E-state index in [1.165, 1.54) is 18.2 Å². The first-order chi connectivity index (χ1) is 15.7. The largest absolute Gasteiger partial charge is 0.494 e. The van der Waals surface area contributed by atoms with Crippen LogP contribution in [-0.4, -0.2) is 30.5 Å². The second-order valence-electron chi connectivity index (χ2n) is 7.66. The number of amides is 1. The van der Waals surface area contributed by atoms with E-state index >= 15 is 0 Å². The third kappa shape index (κ3) is 7.91. The van der Waals surface area contributed by atoms with E-state index in [2.05, 4.69) is 40.8 Å². The van der Waals surface area contributed by atoms with Crippen LogP contribution in [0.25, 0.3) is 0 Å². The van der Waals surface area contributed by atoms with Gasteiger partial charge in [-0.25, -0.2) is 0 Å². The predicted octanol–water partition coefficient (Wildman–Crippen LogP) is 5.26. The lowest BCUT2D eigenvalue weighted by Gasteiger charge is -2.09. The Morgan fingerprint density at radius 3 is 2.44 bits per heavy atom. The van der Waals surface area contributed by atoms with Crippen molar-refractivity contribution >= 4 is 12.1 Å². The molecule has 0 saturated heterocycles. The number of carbonyl (C=O) groups is 1. The molecule has 1 amide bonds. The van der Waals surface area contributed by atoms with Crippen LogP contribution >= 0.6 is 0 Å². The van der Waals surface area contributed by atoms with E-state index in [9.17, 15) is 4.79 Å². The van der Waals surface area contributed by atoms with Crippen molar-refractivity contribution in [1.82, 2.24) is 5.32 Å². The first-order valence-corrected chi connectivity index (χ1v) is 11.1. The molecule has 0 spiro atoms. The maximum atomic E-state index is 12.3. The Labute approximate surface area is 189 Å². The number of unbranched alkanes of at least 4 members (excludes halogenated alkanes) is 2. The Balaban J connectivity index is 1.31. The molecule has 166 valence electrons. The number of hydrogen-bond acceptors (Lipinski definition) is 4. The van der Waals surface area contributed by atoms with E-state index in [0.717, 1.165) is 43.6 Å². The van der Waals surface area contributed by atoms with E-state index in [4.69, 9.17) is 9.94 Å². The lowest BCUT2D eigenvalue weighted by molar-refractivity contribution is 0.0954. The van der Waals surface area contributed by atoms with Crippen LogP contribution in [0.15, 0.2) is 84.0 Å². The molecule has 0 heterocycles. The summed E-state index contributed by atoms with van der Waals surface area (Å²) in [6, 6.07) is 25.6. The molecule has 0 aliphatic heterocycles. The Hall–Kier alpha value is -3.60. The molecular weight excluding hydrogens is 400 g/mol. The number of rotatable bonds is 12. The average Bonchev–Trinajstić information content (AvgIpc) is 2.83. The Kier molecular flexibility index (Phi) is 9.34. The number of nitrogens with zero attached hydrogens (tertiary/aromatic N) is 1. The summed E-state index contributed by atoms with van der Waals surface area (Å²) in [7, 11) is 0. The van der Waals surface area contributed by atoms with E-state index in [1.807, 2.05) is 24.3 Å². The molecule has 3 rings (SSSR count). The van der Waals surface area contributed by atoms with Gasteiger partial charge in [-0.2, -0.15) is 0 Å². The molecule has 32 heavy (non-hydrogen) atoms. The van der Waals surface area contributed by atoms with E-state index in [1.54, 1.807) is 24.3 Å². The van der Waals surface area contributed by atoms with Gasteiger partial charge in [0, 0.05) is 12.1 Å². The maximum absolute atomic E-state index is 12.3. The lowest BCUT2D eigenvalue weighted by Crippen LogP contribution is -2.25. The zero-order chi connectivity index (χ0) is 22.4. The SMILES string of the molecule is O=C(NCCc1ccc(OCCCCCc2ccccc2)cc1)c1cccc(/C=N/O)c1. The monoisotopic (exact) mass is 430 g/mol. The fourth-order valence-electron chi connectivity index (χ4n) is 3.44. The van der Waals surface area contributed by atoms with Crippen molar-refractivity contribution in [3.63, 3.8) is 0 Å². The van der Waals surface area contributed by atoms with Crippen LogP contribution in [0.5, 0.6) is 5.75 Å². The fraction of sp³-hybridized carbons (Fsp3) is 0.259. The van der Waals surface area contributed by atoms with Gasteiger partial charge in [0.05, 0.1) is 12.8 Å². The van der Waals surface area contributed by atoms with Gasteiger partial charge in [-0.1, -0.05) is 59.8 Å². The average molecular weight is 431 g/mol. The third-order valence-corrected chi connectivity index (χ3v) is 5.20. The predicted molar refractivity (Wildman–Crippen MR) is 128 cm³/mol. The second kappa shape index (κ2) is 13.0. The minimum absolute atomic E-state index is 0.148. The van der Waals surface area contributed by atoms with Crippen LogP contribution in [-0.2, 0) is 12.8 Å². The zero-order valence-corrected chi connectivity index (χ0v) is 18.2. The summed E-state index contributed by atoms with van der Waals surface area (Å²) in [4.78, 5) is 12.3. The lowest BCUT2D eigenvalue weighted by atomic mass is 10.1. The van der Waals surface area contributed by atoms with E-state index in [0.29, 0.717) is 17.7 Å². The molecule has 5 heteroatoms. The highest BCUT2D eigenvalue weighted by Gasteiger charge is 2.05. The number of oxime groups is 1. The summed E-state index contributed by atoms with van der Waals surface area (Å²) in [5, 5.41) is 14.5. The summed E-state index contributed by atoms with van der Waals surface area (Å²) in [5.41, 5.74) is 3.74. The number of nitrogens with one attached hydrogen (secondary N) is 1. The van der Waals surface area contributed by atoms with Crippen molar-refractivity contribution in [1.29, 1.82) is 0 Å². The Morgan fingerprint density at radius 2 is 1.66 bits per heavy atom. The highest BCUT2D eigenvalue weighted by atomic mass is 16.5. The van der Waals surface area contributed by atoms with Gasteiger partial charge in [0.15, 0.2) is 0 Å². The highest BCUT2D eigenvalue weighted by Crippen LogP contribution is 2.14. The van der Waals surface area contributed by atoms with Crippen molar-refractivity contribution in [3.8, 4) is 5.75 Å². The van der Waals surface area contributed by atoms with Crippen molar-refractivity contribution in [2.45, 2.75) is 32.1 Å². The quantitative estimate of drug-likeness (QED) is 0.178. The minimum Gasteiger partial charge on any atom is -0.494 e. The molecule has 2 N–H and O–H groups in total. The van der Waals surface area contributed by atoms with Crippen LogP contribution in [0.2, 0.25) is 0 Å². The number of carbonyl (C=O) groups excluding carboxylic acids is 1. The Morgan fingerprint density at radius 1 is 0.875 bits per heavy atom. The number of benzene rings is 3. The van der Waals surface area contributed by atoms with Gasteiger partial charge in [-0.15, -0.1) is 0 Å². The van der Waals surface area contributed by atoms with Crippen molar-refractivity contribution in [2.75, 3.05) is 13.2 Å². The van der Waals surface area contributed by atoms with E-state index in [-0.39, 0.29) is 5.91 Å². The first-order valence-electron chi connectivity index (χ1n) is 11.1. The van der Waals surface area contributed by atoms with Crippen LogP contribution < -0.4 is 10.1 Å². The molecule has 3 aromatic rings. The molecule has 0 saturated carbocycles. The third-order valence-electron chi connectivity index (χ3n) is 5.20. The Bertz CT molecular complexity index is 985. The van der Waals surface area contributed by atoms with Gasteiger partial charge in [0.2, 0.25) is 0 Å². The van der Waals surface area contributed by atoms with Gasteiger partial charge in [0.1, 0.15) is 5.75 Å². The first kappa shape index (κ1) is 23.1. The summed E-state index contributed by atoms with van der Waals surface area (Å²) in [6.07, 6.45) is 6.54. The normalized spacial score (nSPS) is 10.9. The van der Waals surface area contributed by atoms with Gasteiger partial charge in [-0.05, 0) is 73.1 Å². The summed E-state index contributed by atoms with van der Waals surface area (Å²) in [5.74, 6) is 0.730. The minimum atomic E-state index is -0.148. The van der Waals surface area contributed by atoms with E-state index < -0.39 is 0 Å². The van der Waals surface area contributed by atoms with Gasteiger partial charge in [-0.3, -0.25) is 4.79 Å². The molecule has 0 fully saturated rings. The molecule has 0 aliphatic rings. The summed E-state index contributed by atoms with van der Waals surface area (Å²) in [6.45, 7) is 1.27. The maximum Gasteiger partial charge on any atom is 0.251 e. The highest BCUT2D eigenvalue weighted by molar-refractivity contribution is 5.96. The standard InChI is InChI=1S/C27H30N2O3/c30-27(25-12-7-11-24(20-25)21-29-31)28-18-17-23-13-15-26(16-14-23)32-19-6-2-5-10-22-8-3-1-4-9-22/h1,3-4,7-9,11-16,20-21,31H,2,5-6,10,17-19H2,(H,28,30)/b29-21+. The molecule has 0 unspecified atom stereocenters. The fourth-order valence-corrected chi connectivity index (χ4v) is 3.44. The van der Waals surface area contributed by atoms with Crippen LogP contribution in [0.4, 0.5) is 0 Å². The number of aryl methyl sites for hydroxylation is 1. The molecule has 0 radical (unpaired) electrons. The topological polar surface area (TPSA) is 70.9 Å². The van der Waals surface area contributed by atoms with Gasteiger partial charge < -0.3 is 15.3 Å². The van der Waals surface area contributed by atoms with Gasteiger partial charge >= 0.3 is 0 Å². The summed E-state index contributed by atoms with van der Waals surface area (Å²) < 4.78 is 5.85. The molecule has 0 aliphatic carbocycles. The van der Waals surface area contributed by atoms with Crippen molar-refractivity contribution in [2.24, 2.45) is 5.16 Å². The summed E-state index contributed by atoms with van der Waals surface area (Å²) >= 11 is 0. The van der Waals surface area contributed by atoms with Crippen LogP contribution in [0.1, 0.15) is 46.3 Å². The van der Waals surface area contributed by atoms with Crippen LogP contribution in [0.3, 0.4) is 0 Å². The van der Waals surface area contributed by atoms with Crippen LogP contribution in [0, 0.1) is 0 Å². The molecule has 0 bridgehead atoms. The number of hydrogen-bond donors (Lipinski definition) is 2. The number of ether oxygens (including phenoxy) is 1. The van der Waals surface area contributed by atoms with Crippen molar-refractivity contribution < 1.29 is 14.7 Å². The molecule has 0 aromatic heterocycles. The molecular formula is C27H30N2O3. The van der Waals surface area contributed by atoms with Gasteiger partial charge in [0.25, 0.3) is 5.91 Å². The van der Waals surface area contributed by atoms with Crippen molar-refractivity contribution in [3.05, 3.63) is 101 Å².